The van der Waals surface area contributed by atoms with E-state index in [0.29, 0.717) is 6.42 Å². The van der Waals surface area contributed by atoms with Gasteiger partial charge in [0.1, 0.15) is 11.9 Å². The lowest BCUT2D eigenvalue weighted by Crippen LogP contribution is -2.24. The fraction of sp³-hybridized carbons (Fsp3) is 0.462. The van der Waals surface area contributed by atoms with Crippen molar-refractivity contribution in [3.05, 3.63) is 29.8 Å². The second-order valence-electron chi connectivity index (χ2n) is 3.84. The summed E-state index contributed by atoms with van der Waals surface area (Å²) in [4.78, 5) is 0. The number of hydrogen-bond acceptors (Lipinski definition) is 2. The summed E-state index contributed by atoms with van der Waals surface area (Å²) in [6.07, 6.45) is 2.31. The van der Waals surface area contributed by atoms with E-state index in [2.05, 4.69) is 13.0 Å². The Bertz CT molecular complexity index is 350. The summed E-state index contributed by atoms with van der Waals surface area (Å²) in [5.74, 6) is 1.10. The molecule has 0 heterocycles. The third-order valence-electron chi connectivity index (χ3n) is 2.55. The van der Waals surface area contributed by atoms with E-state index in [0.717, 1.165) is 18.6 Å². The lowest BCUT2D eigenvalue weighted by Gasteiger charge is -2.18. The zero-order valence-corrected chi connectivity index (χ0v) is 9.99. The van der Waals surface area contributed by atoms with E-state index in [1.165, 1.54) is 5.56 Å². The molecule has 0 bridgehead atoms. The van der Waals surface area contributed by atoms with Crippen LogP contribution in [0.3, 0.4) is 0 Å². The van der Waals surface area contributed by atoms with Gasteiger partial charge in [0.2, 0.25) is 0 Å². The quantitative estimate of drug-likeness (QED) is 0.572. The molecule has 0 saturated carbocycles. The van der Waals surface area contributed by atoms with Crippen LogP contribution in [0.4, 0.5) is 0 Å². The smallest absolute Gasteiger partial charge is 0.122 e. The molecule has 16 heavy (non-hydrogen) atoms. The van der Waals surface area contributed by atoms with Crippen LogP contribution in [-0.4, -0.2) is 11.9 Å². The third kappa shape index (κ3) is 3.57. The molecule has 0 aliphatic carbocycles. The largest absolute Gasteiger partial charge is 0.490 e. The van der Waals surface area contributed by atoms with Gasteiger partial charge < -0.3 is 10.5 Å². The summed E-state index contributed by atoms with van der Waals surface area (Å²) < 4.78 is 5.88. The first-order valence-corrected chi connectivity index (χ1v) is 5.74. The highest BCUT2D eigenvalue weighted by Crippen LogP contribution is 2.21. The molecule has 3 N–H and O–H groups in total. The molecule has 3 nitrogen and oxygen atoms in total. The number of amidine groups is 1. The van der Waals surface area contributed by atoms with Crippen molar-refractivity contribution in [3.8, 4) is 5.75 Å². The topological polar surface area (TPSA) is 59.1 Å². The Morgan fingerprint density at radius 3 is 2.62 bits per heavy atom. The molecule has 0 fully saturated rings. The maximum absolute atomic E-state index is 7.29. The van der Waals surface area contributed by atoms with Gasteiger partial charge in [0, 0.05) is 6.42 Å². The maximum Gasteiger partial charge on any atom is 0.122 e. The minimum absolute atomic E-state index is 0.00481. The molecule has 3 heteroatoms. The fourth-order valence-electron chi connectivity index (χ4n) is 1.61. The minimum atomic E-state index is 0.00481. The number of hydrogen-bond donors (Lipinski definition) is 2. The SMILES string of the molecule is CCc1ccccc1OC(CC)CC(=N)N. The van der Waals surface area contributed by atoms with Gasteiger partial charge >= 0.3 is 0 Å². The molecule has 0 aromatic heterocycles. The summed E-state index contributed by atoms with van der Waals surface area (Å²) in [6, 6.07) is 8.02. The van der Waals surface area contributed by atoms with Crippen molar-refractivity contribution in [2.45, 2.75) is 39.2 Å². The predicted octanol–water partition coefficient (Wildman–Crippen LogP) is 2.73. The molecule has 0 spiro atoms. The average Bonchev–Trinajstić information content (AvgIpc) is 2.28. The van der Waals surface area contributed by atoms with Gasteiger partial charge in [-0.1, -0.05) is 32.0 Å². The normalized spacial score (nSPS) is 12.1. The minimum Gasteiger partial charge on any atom is -0.490 e. The summed E-state index contributed by atoms with van der Waals surface area (Å²) in [7, 11) is 0. The number of aryl methyl sites for hydroxylation is 1. The lowest BCUT2D eigenvalue weighted by molar-refractivity contribution is 0.202. The Kier molecular flexibility index (Phi) is 4.83. The van der Waals surface area contributed by atoms with Crippen LogP contribution in [0.1, 0.15) is 32.3 Å². The number of ether oxygens (including phenoxy) is 1. The third-order valence-corrected chi connectivity index (χ3v) is 2.55. The lowest BCUT2D eigenvalue weighted by atomic mass is 10.1. The number of nitrogens with one attached hydrogen (secondary N) is 1. The van der Waals surface area contributed by atoms with Crippen LogP contribution in [0.5, 0.6) is 5.75 Å². The fourth-order valence-corrected chi connectivity index (χ4v) is 1.61. The van der Waals surface area contributed by atoms with Crippen molar-refractivity contribution in [3.63, 3.8) is 0 Å². The molecular weight excluding hydrogens is 200 g/mol. The number of nitrogens with two attached hydrogens (primary N) is 1. The van der Waals surface area contributed by atoms with E-state index in [4.69, 9.17) is 15.9 Å². The van der Waals surface area contributed by atoms with Crippen molar-refractivity contribution in [1.29, 1.82) is 5.41 Å². The molecule has 1 unspecified atom stereocenters. The van der Waals surface area contributed by atoms with E-state index in [1.807, 2.05) is 25.1 Å². The molecule has 0 saturated heterocycles. The molecule has 0 aliphatic heterocycles. The van der Waals surface area contributed by atoms with Crippen molar-refractivity contribution < 1.29 is 4.74 Å². The molecule has 0 radical (unpaired) electrons. The zero-order chi connectivity index (χ0) is 12.0. The van der Waals surface area contributed by atoms with Crippen molar-refractivity contribution in [1.82, 2.24) is 0 Å². The van der Waals surface area contributed by atoms with Crippen molar-refractivity contribution in [2.75, 3.05) is 0 Å². The highest BCUT2D eigenvalue weighted by Gasteiger charge is 2.11. The van der Waals surface area contributed by atoms with Crippen LogP contribution in [0.2, 0.25) is 0 Å². The number of benzene rings is 1. The second-order valence-corrected chi connectivity index (χ2v) is 3.84. The summed E-state index contributed by atoms with van der Waals surface area (Å²) >= 11 is 0. The summed E-state index contributed by atoms with van der Waals surface area (Å²) in [6.45, 7) is 4.15. The van der Waals surface area contributed by atoms with Gasteiger partial charge in [0.25, 0.3) is 0 Å². The van der Waals surface area contributed by atoms with Crippen LogP contribution in [0.15, 0.2) is 24.3 Å². The molecule has 1 aromatic carbocycles. The van der Waals surface area contributed by atoms with E-state index < -0.39 is 0 Å². The summed E-state index contributed by atoms with van der Waals surface area (Å²) in [5.41, 5.74) is 6.60. The van der Waals surface area contributed by atoms with Crippen LogP contribution >= 0.6 is 0 Å². The Labute approximate surface area is 97.1 Å². The Morgan fingerprint density at radius 2 is 2.06 bits per heavy atom. The second kappa shape index (κ2) is 6.16. The molecule has 1 rings (SSSR count). The average molecular weight is 220 g/mol. The van der Waals surface area contributed by atoms with Crippen LogP contribution in [0.25, 0.3) is 0 Å². The van der Waals surface area contributed by atoms with E-state index in [-0.39, 0.29) is 11.9 Å². The predicted molar refractivity (Wildman–Crippen MR) is 67.1 cm³/mol. The van der Waals surface area contributed by atoms with Gasteiger partial charge in [-0.2, -0.15) is 0 Å². The first kappa shape index (κ1) is 12.6. The number of rotatable bonds is 6. The highest BCUT2D eigenvalue weighted by atomic mass is 16.5. The first-order valence-electron chi connectivity index (χ1n) is 5.74. The Morgan fingerprint density at radius 1 is 1.38 bits per heavy atom. The molecule has 88 valence electrons. The van der Waals surface area contributed by atoms with Gasteiger partial charge in [0.05, 0.1) is 5.84 Å². The molecular formula is C13H20N2O. The Balaban J connectivity index is 2.73. The molecule has 0 amide bonds. The molecule has 1 aromatic rings. The van der Waals surface area contributed by atoms with Crippen LogP contribution in [-0.2, 0) is 6.42 Å². The number of para-hydroxylation sites is 1. The molecule has 0 aliphatic rings. The monoisotopic (exact) mass is 220 g/mol. The van der Waals surface area contributed by atoms with E-state index in [9.17, 15) is 0 Å². The van der Waals surface area contributed by atoms with Gasteiger partial charge in [-0.3, -0.25) is 5.41 Å². The molecule has 1 atom stereocenters. The standard InChI is InChI=1S/C13H20N2O/c1-3-10-7-5-6-8-12(10)16-11(4-2)9-13(14)15/h5-8,11H,3-4,9H2,1-2H3,(H3,14,15). The van der Waals surface area contributed by atoms with E-state index in [1.54, 1.807) is 0 Å². The first-order chi connectivity index (χ1) is 7.67. The van der Waals surface area contributed by atoms with E-state index >= 15 is 0 Å². The maximum atomic E-state index is 7.29. The van der Waals surface area contributed by atoms with Gasteiger partial charge in [-0.05, 0) is 24.5 Å². The van der Waals surface area contributed by atoms with Gasteiger partial charge in [0.15, 0.2) is 0 Å². The Hall–Kier alpha value is -1.51. The summed E-state index contributed by atoms with van der Waals surface area (Å²) in [5, 5.41) is 7.29. The highest BCUT2D eigenvalue weighted by molar-refractivity contribution is 5.77. The van der Waals surface area contributed by atoms with Crippen LogP contribution < -0.4 is 10.5 Å². The van der Waals surface area contributed by atoms with Crippen LogP contribution in [0, 0.1) is 5.41 Å². The van der Waals surface area contributed by atoms with Gasteiger partial charge in [-0.25, -0.2) is 0 Å². The van der Waals surface area contributed by atoms with Gasteiger partial charge in [-0.15, -0.1) is 0 Å². The van der Waals surface area contributed by atoms with Crippen molar-refractivity contribution >= 4 is 5.84 Å². The van der Waals surface area contributed by atoms with Crippen molar-refractivity contribution in [2.24, 2.45) is 5.73 Å². The zero-order valence-electron chi connectivity index (χ0n) is 9.99.